The van der Waals surface area contributed by atoms with Crippen molar-refractivity contribution in [2.24, 2.45) is 5.92 Å². The Labute approximate surface area is 165 Å². The van der Waals surface area contributed by atoms with E-state index < -0.39 is 10.8 Å². The van der Waals surface area contributed by atoms with Crippen molar-refractivity contribution in [3.8, 4) is 0 Å². The molecular formula is C18H15Cl2N3O4. The Balaban J connectivity index is 1.76. The second kappa shape index (κ2) is 7.54. The maximum atomic E-state index is 12.5. The molecule has 1 aliphatic rings. The Hall–Kier alpha value is -2.64. The number of carbonyl (C=O) groups is 2. The number of hydrogen-bond donors (Lipinski definition) is 1. The molecule has 1 aliphatic heterocycles. The minimum Gasteiger partial charge on any atom is -0.324 e. The highest BCUT2D eigenvalue weighted by molar-refractivity contribution is 6.36. The third-order valence-electron chi connectivity index (χ3n) is 4.39. The molecule has 0 bridgehead atoms. The predicted octanol–water partition coefficient (Wildman–Crippen LogP) is 4.20. The van der Waals surface area contributed by atoms with Crippen molar-refractivity contribution < 1.29 is 14.5 Å². The van der Waals surface area contributed by atoms with E-state index in [0.717, 1.165) is 0 Å². The average Bonchev–Trinajstić information content (AvgIpc) is 2.99. The predicted molar refractivity (Wildman–Crippen MR) is 103 cm³/mol. The molecule has 0 aliphatic carbocycles. The smallest absolute Gasteiger partial charge is 0.274 e. The highest BCUT2D eigenvalue weighted by Gasteiger charge is 2.36. The number of hydrogen-bond acceptors (Lipinski definition) is 4. The van der Waals surface area contributed by atoms with Crippen molar-refractivity contribution >= 4 is 52.1 Å². The molecule has 27 heavy (non-hydrogen) atoms. The number of benzene rings is 2. The largest absolute Gasteiger partial charge is 0.324 e. The molecule has 1 atom stereocenters. The molecule has 2 amide bonds. The zero-order valence-electron chi connectivity index (χ0n) is 14.2. The van der Waals surface area contributed by atoms with Gasteiger partial charge in [-0.1, -0.05) is 29.3 Å². The minimum atomic E-state index is -0.593. The lowest BCUT2D eigenvalue weighted by atomic mass is 10.1. The number of nitrogens with one attached hydrogen (secondary N) is 1. The van der Waals surface area contributed by atoms with Gasteiger partial charge in [0, 0.05) is 29.6 Å². The van der Waals surface area contributed by atoms with Crippen molar-refractivity contribution in [3.63, 3.8) is 0 Å². The van der Waals surface area contributed by atoms with Gasteiger partial charge in [-0.15, -0.1) is 0 Å². The summed E-state index contributed by atoms with van der Waals surface area (Å²) < 4.78 is 0. The molecule has 9 heteroatoms. The molecule has 2 aromatic carbocycles. The Morgan fingerprint density at radius 3 is 2.67 bits per heavy atom. The van der Waals surface area contributed by atoms with Crippen LogP contribution in [0.1, 0.15) is 12.0 Å². The summed E-state index contributed by atoms with van der Waals surface area (Å²) in [5.41, 5.74) is 1.24. The summed E-state index contributed by atoms with van der Waals surface area (Å²) in [5, 5.41) is 14.6. The molecule has 1 saturated heterocycles. The molecule has 2 aromatic rings. The number of rotatable bonds is 4. The Bertz CT molecular complexity index is 948. The Morgan fingerprint density at radius 2 is 2.00 bits per heavy atom. The fourth-order valence-electron chi connectivity index (χ4n) is 2.92. The van der Waals surface area contributed by atoms with Crippen LogP contribution in [0.5, 0.6) is 0 Å². The van der Waals surface area contributed by atoms with Gasteiger partial charge in [0.05, 0.1) is 27.2 Å². The van der Waals surface area contributed by atoms with Gasteiger partial charge in [0.2, 0.25) is 11.8 Å². The summed E-state index contributed by atoms with van der Waals surface area (Å²) >= 11 is 11.9. The van der Waals surface area contributed by atoms with Crippen LogP contribution in [0, 0.1) is 23.0 Å². The van der Waals surface area contributed by atoms with Crippen LogP contribution < -0.4 is 10.2 Å². The lowest BCUT2D eigenvalue weighted by molar-refractivity contribution is -0.385. The van der Waals surface area contributed by atoms with E-state index in [0.29, 0.717) is 27.0 Å². The maximum Gasteiger partial charge on any atom is 0.274 e. The maximum absolute atomic E-state index is 12.5. The molecule has 3 rings (SSSR count). The van der Waals surface area contributed by atoms with Crippen LogP contribution in [0.2, 0.25) is 10.0 Å². The number of aryl methyl sites for hydroxylation is 1. The highest BCUT2D eigenvalue weighted by atomic mass is 35.5. The van der Waals surface area contributed by atoms with Gasteiger partial charge >= 0.3 is 0 Å². The van der Waals surface area contributed by atoms with E-state index >= 15 is 0 Å². The third kappa shape index (κ3) is 4.04. The van der Waals surface area contributed by atoms with Crippen LogP contribution in [0.25, 0.3) is 0 Å². The molecule has 7 nitrogen and oxygen atoms in total. The number of nitro benzene ring substituents is 1. The zero-order valence-corrected chi connectivity index (χ0v) is 15.8. The fourth-order valence-corrected chi connectivity index (χ4v) is 3.38. The van der Waals surface area contributed by atoms with Crippen LogP contribution in [-0.4, -0.2) is 23.3 Å². The lowest BCUT2D eigenvalue weighted by Crippen LogP contribution is -2.28. The summed E-state index contributed by atoms with van der Waals surface area (Å²) in [4.78, 5) is 36.9. The molecule has 140 valence electrons. The number of nitrogens with zero attached hydrogens (tertiary/aromatic N) is 2. The summed E-state index contributed by atoms with van der Waals surface area (Å²) in [7, 11) is 0. The normalized spacial score (nSPS) is 16.5. The first-order valence-electron chi connectivity index (χ1n) is 8.07. The second-order valence-corrected chi connectivity index (χ2v) is 7.09. The van der Waals surface area contributed by atoms with E-state index in [1.54, 1.807) is 31.2 Å². The van der Waals surface area contributed by atoms with Crippen molar-refractivity contribution in [1.82, 2.24) is 0 Å². The first-order chi connectivity index (χ1) is 12.8. The van der Waals surface area contributed by atoms with Gasteiger partial charge in [0.1, 0.15) is 0 Å². The Morgan fingerprint density at radius 1 is 1.26 bits per heavy atom. The number of halogens is 2. The topological polar surface area (TPSA) is 92.6 Å². The van der Waals surface area contributed by atoms with Crippen molar-refractivity contribution in [1.29, 1.82) is 0 Å². The van der Waals surface area contributed by atoms with E-state index in [4.69, 9.17) is 23.2 Å². The fraction of sp³-hybridized carbons (Fsp3) is 0.222. The van der Waals surface area contributed by atoms with E-state index in [9.17, 15) is 19.7 Å². The van der Waals surface area contributed by atoms with Crippen molar-refractivity contribution in [3.05, 3.63) is 62.1 Å². The molecule has 0 radical (unpaired) electrons. The molecular weight excluding hydrogens is 393 g/mol. The zero-order chi connectivity index (χ0) is 19.7. The summed E-state index contributed by atoms with van der Waals surface area (Å²) in [6, 6.07) is 9.26. The Kier molecular flexibility index (Phi) is 5.34. The SMILES string of the molecule is Cc1ccc(N2C[C@H](C(=O)Nc3ccc(Cl)cc3Cl)CC2=O)cc1[N+](=O)[O-]. The minimum absolute atomic E-state index is 0.0126. The van der Waals surface area contributed by atoms with Crippen LogP contribution in [-0.2, 0) is 9.59 Å². The third-order valence-corrected chi connectivity index (χ3v) is 4.93. The lowest BCUT2D eigenvalue weighted by Gasteiger charge is -2.17. The molecule has 1 fully saturated rings. The summed E-state index contributed by atoms with van der Waals surface area (Å²) in [6.45, 7) is 1.76. The quantitative estimate of drug-likeness (QED) is 0.606. The number of carbonyl (C=O) groups excluding carboxylic acids is 2. The summed E-state index contributed by atoms with van der Waals surface area (Å²) in [5.74, 6) is -1.21. The number of anilines is 2. The van der Waals surface area contributed by atoms with Gasteiger partial charge in [0.15, 0.2) is 0 Å². The van der Waals surface area contributed by atoms with E-state index in [1.165, 1.54) is 17.0 Å². The first kappa shape index (κ1) is 19.1. The average molecular weight is 408 g/mol. The highest BCUT2D eigenvalue weighted by Crippen LogP contribution is 2.31. The number of nitro groups is 1. The van der Waals surface area contributed by atoms with Crippen LogP contribution >= 0.6 is 23.2 Å². The molecule has 0 unspecified atom stereocenters. The first-order valence-corrected chi connectivity index (χ1v) is 8.83. The molecule has 1 heterocycles. The van der Waals surface area contributed by atoms with Gasteiger partial charge < -0.3 is 10.2 Å². The monoisotopic (exact) mass is 407 g/mol. The molecule has 1 N–H and O–H groups in total. The van der Waals surface area contributed by atoms with Crippen molar-refractivity contribution in [2.45, 2.75) is 13.3 Å². The second-order valence-electron chi connectivity index (χ2n) is 6.25. The van der Waals surface area contributed by atoms with E-state index in [-0.39, 0.29) is 30.5 Å². The van der Waals surface area contributed by atoms with Gasteiger partial charge in [-0.2, -0.15) is 0 Å². The molecule has 0 aromatic heterocycles. The summed E-state index contributed by atoms with van der Waals surface area (Å²) in [6.07, 6.45) is 0.0126. The van der Waals surface area contributed by atoms with E-state index in [1.807, 2.05) is 0 Å². The molecule has 0 saturated carbocycles. The van der Waals surface area contributed by atoms with Crippen molar-refractivity contribution in [2.75, 3.05) is 16.8 Å². The number of amides is 2. The van der Waals surface area contributed by atoms with Gasteiger partial charge in [-0.3, -0.25) is 19.7 Å². The van der Waals surface area contributed by atoms with Crippen LogP contribution in [0.15, 0.2) is 36.4 Å². The van der Waals surface area contributed by atoms with Gasteiger partial charge in [-0.25, -0.2) is 0 Å². The van der Waals surface area contributed by atoms with E-state index in [2.05, 4.69) is 5.32 Å². The van der Waals surface area contributed by atoms with Crippen LogP contribution in [0.4, 0.5) is 17.1 Å². The van der Waals surface area contributed by atoms with Crippen LogP contribution in [0.3, 0.4) is 0 Å². The van der Waals surface area contributed by atoms with Gasteiger partial charge in [0.25, 0.3) is 5.69 Å². The standard InChI is InChI=1S/C18H15Cl2N3O4/c1-10-2-4-13(8-16(10)23(26)27)22-9-11(6-17(22)24)18(25)21-15-5-3-12(19)7-14(15)20/h2-5,7-8,11H,6,9H2,1H3,(H,21,25)/t11-/m1/s1. The van der Waals surface area contributed by atoms with Gasteiger partial charge in [-0.05, 0) is 31.2 Å². The molecule has 0 spiro atoms.